The van der Waals surface area contributed by atoms with E-state index in [4.69, 9.17) is 23.7 Å². The second-order valence-corrected chi connectivity index (χ2v) is 9.92. The van der Waals surface area contributed by atoms with Crippen LogP contribution in [0.1, 0.15) is 18.4 Å². The van der Waals surface area contributed by atoms with Crippen LogP contribution in [0.15, 0.2) is 42.7 Å². The average molecular weight is 537 g/mol. The van der Waals surface area contributed by atoms with Crippen molar-refractivity contribution in [1.29, 1.82) is 0 Å². The maximum Gasteiger partial charge on any atom is 0.309 e. The lowest BCUT2D eigenvalue weighted by Crippen LogP contribution is -2.45. The number of rotatable bonds is 10. The molecular weight excluding hydrogens is 500 g/mol. The first-order chi connectivity index (χ1) is 19.1. The van der Waals surface area contributed by atoms with Gasteiger partial charge in [0.05, 0.1) is 32.3 Å². The first-order valence-corrected chi connectivity index (χ1v) is 13.5. The first-order valence-electron chi connectivity index (χ1n) is 13.5. The highest BCUT2D eigenvalue weighted by Crippen LogP contribution is 2.38. The molecule has 0 unspecified atom stereocenters. The van der Waals surface area contributed by atoms with Crippen LogP contribution in [0, 0.1) is 0 Å². The number of ether oxygens (including phenoxy) is 5. The van der Waals surface area contributed by atoms with Crippen molar-refractivity contribution in [2.45, 2.75) is 25.4 Å². The molecule has 0 amide bonds. The summed E-state index contributed by atoms with van der Waals surface area (Å²) in [6.45, 7) is 7.01. The van der Waals surface area contributed by atoms with Crippen molar-refractivity contribution in [3.8, 4) is 23.1 Å². The number of aromatic nitrogens is 2. The molecule has 0 saturated carbocycles. The van der Waals surface area contributed by atoms with Gasteiger partial charge < -0.3 is 28.6 Å². The van der Waals surface area contributed by atoms with Crippen molar-refractivity contribution in [2.75, 3.05) is 66.7 Å². The van der Waals surface area contributed by atoms with Gasteiger partial charge in [0.25, 0.3) is 0 Å². The number of carbonyl (C=O) groups excluding carboxylic acids is 1. The average Bonchev–Trinajstić information content (AvgIpc) is 2.95. The minimum atomic E-state index is -0.313. The van der Waals surface area contributed by atoms with E-state index in [1.807, 2.05) is 30.3 Å². The Morgan fingerprint density at radius 2 is 1.87 bits per heavy atom. The van der Waals surface area contributed by atoms with Gasteiger partial charge in [-0.05, 0) is 24.7 Å². The monoisotopic (exact) mass is 536 g/mol. The second kappa shape index (κ2) is 13.1. The molecule has 0 bridgehead atoms. The van der Waals surface area contributed by atoms with Crippen LogP contribution in [-0.4, -0.2) is 98.5 Å². The maximum atomic E-state index is 11.7. The van der Waals surface area contributed by atoms with Gasteiger partial charge in [-0.25, -0.2) is 9.97 Å². The largest absolute Gasteiger partial charge is 0.492 e. The van der Waals surface area contributed by atoms with Gasteiger partial charge >= 0.3 is 5.97 Å². The van der Waals surface area contributed by atoms with E-state index in [0.29, 0.717) is 53.9 Å². The Kier molecular flexibility index (Phi) is 9.08. The molecule has 1 aromatic heterocycles. The zero-order chi connectivity index (χ0) is 27.0. The fourth-order valence-electron chi connectivity index (χ4n) is 4.76. The van der Waals surface area contributed by atoms with E-state index in [-0.39, 0.29) is 18.5 Å². The van der Waals surface area contributed by atoms with Crippen LogP contribution >= 0.6 is 0 Å². The highest BCUT2D eigenvalue weighted by atomic mass is 16.5. The second-order valence-electron chi connectivity index (χ2n) is 9.92. The molecule has 2 fully saturated rings. The van der Waals surface area contributed by atoms with Gasteiger partial charge in [-0.1, -0.05) is 12.1 Å². The zero-order valence-electron chi connectivity index (χ0n) is 22.6. The van der Waals surface area contributed by atoms with Crippen molar-refractivity contribution in [1.82, 2.24) is 19.8 Å². The Morgan fingerprint density at radius 1 is 1.05 bits per heavy atom. The number of carbonyl (C=O) groups is 1. The molecule has 5 rings (SSSR count). The number of nitrogens with zero attached hydrogens (tertiary/aromatic N) is 4. The normalized spacial score (nSPS) is 17.2. The summed E-state index contributed by atoms with van der Waals surface area (Å²) in [5.74, 6) is 1.94. The summed E-state index contributed by atoms with van der Waals surface area (Å²) < 4.78 is 29.2. The number of piperazine rings is 1. The summed E-state index contributed by atoms with van der Waals surface area (Å²) in [4.78, 5) is 25.5. The van der Waals surface area contributed by atoms with Crippen molar-refractivity contribution in [3.05, 3.63) is 48.3 Å². The van der Waals surface area contributed by atoms with Gasteiger partial charge in [0, 0.05) is 57.7 Å². The lowest BCUT2D eigenvalue weighted by molar-refractivity contribution is -0.139. The molecule has 39 heavy (non-hydrogen) atoms. The van der Waals surface area contributed by atoms with Gasteiger partial charge in [-0.2, -0.15) is 0 Å². The summed E-state index contributed by atoms with van der Waals surface area (Å²) in [7, 11) is 3.53. The van der Waals surface area contributed by atoms with E-state index >= 15 is 0 Å². The van der Waals surface area contributed by atoms with E-state index in [1.54, 1.807) is 6.07 Å². The van der Waals surface area contributed by atoms with E-state index in [2.05, 4.69) is 26.8 Å². The number of hydrogen-bond donors (Lipinski definition) is 0. The van der Waals surface area contributed by atoms with Gasteiger partial charge in [-0.15, -0.1) is 0 Å². The van der Waals surface area contributed by atoms with Crippen molar-refractivity contribution in [3.63, 3.8) is 0 Å². The molecule has 2 aliphatic heterocycles. The van der Waals surface area contributed by atoms with Crippen molar-refractivity contribution in [2.24, 2.45) is 0 Å². The lowest BCUT2D eigenvalue weighted by atomic mass is 10.1. The van der Waals surface area contributed by atoms with Crippen LogP contribution in [-0.2, 0) is 20.7 Å². The molecule has 2 aromatic carbocycles. The van der Waals surface area contributed by atoms with Gasteiger partial charge in [0.15, 0.2) is 0 Å². The van der Waals surface area contributed by atoms with Gasteiger partial charge in [-0.3, -0.25) is 9.69 Å². The van der Waals surface area contributed by atoms with E-state index < -0.39 is 0 Å². The number of hydrogen-bond acceptors (Lipinski definition) is 10. The van der Waals surface area contributed by atoms with E-state index in [9.17, 15) is 4.79 Å². The molecule has 0 atom stereocenters. The third kappa shape index (κ3) is 7.35. The molecule has 2 saturated heterocycles. The predicted octanol–water partition coefficient (Wildman–Crippen LogP) is 3.32. The highest BCUT2D eigenvalue weighted by molar-refractivity contribution is 5.91. The topological polar surface area (TPSA) is 95.5 Å². The molecular formula is C29H36N4O6. The quantitative estimate of drug-likeness (QED) is 0.359. The van der Waals surface area contributed by atoms with Crippen LogP contribution in [0.2, 0.25) is 0 Å². The Hall–Kier alpha value is -3.47. The molecule has 10 nitrogen and oxygen atoms in total. The van der Waals surface area contributed by atoms with Crippen LogP contribution in [0.25, 0.3) is 10.9 Å². The van der Waals surface area contributed by atoms with Crippen molar-refractivity contribution < 1.29 is 28.5 Å². The molecule has 3 aromatic rings. The van der Waals surface area contributed by atoms with Gasteiger partial charge in [0.1, 0.15) is 41.7 Å². The summed E-state index contributed by atoms with van der Waals surface area (Å²) >= 11 is 0. The fourth-order valence-corrected chi connectivity index (χ4v) is 4.76. The molecule has 0 spiro atoms. The third-order valence-corrected chi connectivity index (χ3v) is 7.06. The fraction of sp³-hybridized carbons (Fsp3) is 0.483. The number of esters is 1. The standard InChI is InChI=1S/C29H36N4O6/c1-32-8-10-33(11-9-32)12-15-37-24-18-25-28(26(19-24)38-22-6-13-36-14-7-22)29(31-20-30-25)39-23-5-3-4-21(16-23)17-27(34)35-2/h3-5,16,18-20,22H,6-15,17H2,1-2H3. The smallest absolute Gasteiger partial charge is 0.309 e. The molecule has 0 N–H and O–H groups in total. The third-order valence-electron chi connectivity index (χ3n) is 7.06. The molecule has 0 aliphatic carbocycles. The molecule has 208 valence electrons. The minimum Gasteiger partial charge on any atom is -0.492 e. The van der Waals surface area contributed by atoms with Crippen LogP contribution in [0.5, 0.6) is 23.1 Å². The Bertz CT molecular complexity index is 1260. The number of likely N-dealkylation sites (N-methyl/N-ethyl adjacent to an activating group) is 1. The summed E-state index contributed by atoms with van der Waals surface area (Å²) in [6.07, 6.45) is 3.25. The Morgan fingerprint density at radius 3 is 2.67 bits per heavy atom. The maximum absolute atomic E-state index is 11.7. The highest BCUT2D eigenvalue weighted by Gasteiger charge is 2.21. The Labute approximate surface area is 228 Å². The molecule has 2 aliphatic rings. The molecule has 0 radical (unpaired) electrons. The van der Waals surface area contributed by atoms with Gasteiger partial charge in [0.2, 0.25) is 5.88 Å². The zero-order valence-corrected chi connectivity index (χ0v) is 22.6. The number of methoxy groups -OCH3 is 1. The van der Waals surface area contributed by atoms with Crippen LogP contribution < -0.4 is 14.2 Å². The molecule has 10 heteroatoms. The van der Waals surface area contributed by atoms with E-state index in [1.165, 1.54) is 13.4 Å². The Balaban J connectivity index is 1.39. The summed E-state index contributed by atoms with van der Waals surface area (Å²) in [5, 5.41) is 0.675. The first kappa shape index (κ1) is 27.1. The SMILES string of the molecule is COC(=O)Cc1cccc(Oc2ncnc3cc(OCCN4CCN(C)CC4)cc(OC4CCOCC4)c23)c1. The number of benzene rings is 2. The minimum absolute atomic E-state index is 0.0129. The number of fused-ring (bicyclic) bond motifs is 1. The lowest BCUT2D eigenvalue weighted by Gasteiger charge is -2.32. The van der Waals surface area contributed by atoms with Crippen LogP contribution in [0.3, 0.4) is 0 Å². The molecule has 3 heterocycles. The van der Waals surface area contributed by atoms with Crippen LogP contribution in [0.4, 0.5) is 0 Å². The van der Waals surface area contributed by atoms with E-state index in [0.717, 1.165) is 51.1 Å². The summed E-state index contributed by atoms with van der Waals surface area (Å²) in [5.41, 5.74) is 1.46. The predicted molar refractivity (Wildman–Crippen MR) is 146 cm³/mol. The van der Waals surface area contributed by atoms with Crippen molar-refractivity contribution >= 4 is 16.9 Å². The summed E-state index contributed by atoms with van der Waals surface area (Å²) in [6, 6.07) is 11.1.